The number of halogens is 2. The molecule has 5 rings (SSSR count). The first-order valence-electron chi connectivity index (χ1n) is 11.7. The van der Waals surface area contributed by atoms with E-state index in [1.807, 2.05) is 56.7 Å². The van der Waals surface area contributed by atoms with E-state index in [-0.39, 0.29) is 34.0 Å². The molecule has 0 amide bonds. The molecule has 0 bridgehead atoms. The lowest BCUT2D eigenvalue weighted by molar-refractivity contribution is -0.001000. The summed E-state index contributed by atoms with van der Waals surface area (Å²) in [6, 6.07) is 16.4. The summed E-state index contributed by atoms with van der Waals surface area (Å²) < 4.78 is 13.6. The molecule has 0 radical (unpaired) electrons. The lowest BCUT2D eigenvalue weighted by atomic mass is 10.2. The Hall–Kier alpha value is -3.02. The van der Waals surface area contributed by atoms with Crippen LogP contribution in [0, 0.1) is 0 Å². The molecule has 1 aliphatic heterocycles. The monoisotopic (exact) mass is 629 g/mol. The van der Waals surface area contributed by atoms with Gasteiger partial charge in [-0.05, 0) is 18.2 Å². The fourth-order valence-corrected chi connectivity index (χ4v) is 4.06. The van der Waals surface area contributed by atoms with Crippen molar-refractivity contribution in [2.45, 2.75) is 6.42 Å². The first-order valence-corrected chi connectivity index (χ1v) is 11.7. The van der Waals surface area contributed by atoms with Crippen LogP contribution in [-0.4, -0.2) is 65.7 Å². The maximum absolute atomic E-state index is 5.95. The predicted molar refractivity (Wildman–Crippen MR) is 137 cm³/mol. The molecule has 0 atom stereocenters. The van der Waals surface area contributed by atoms with Crippen molar-refractivity contribution in [1.29, 1.82) is 0 Å². The van der Waals surface area contributed by atoms with E-state index in [4.69, 9.17) is 9.47 Å². The SMILES string of the molecule is CN(/N=C/c1cn(C)c2ccccc12)c1cc(N2CCOCC2)nc(OCCc2ccccn2)n1.[Br-].[Br-]. The molecule has 1 aliphatic rings. The number of aromatic nitrogens is 4. The van der Waals surface area contributed by atoms with E-state index in [9.17, 15) is 0 Å². The number of anilines is 2. The number of morpholine rings is 1. The second kappa shape index (κ2) is 13.5. The van der Waals surface area contributed by atoms with Gasteiger partial charge in [-0.25, -0.2) is 0 Å². The minimum Gasteiger partial charge on any atom is -1.00 e. The Morgan fingerprint density at radius 1 is 1.08 bits per heavy atom. The van der Waals surface area contributed by atoms with E-state index in [0.717, 1.165) is 41.1 Å². The number of pyridine rings is 1. The summed E-state index contributed by atoms with van der Waals surface area (Å²) in [7, 11) is 3.92. The van der Waals surface area contributed by atoms with Gasteiger partial charge in [0.25, 0.3) is 0 Å². The fourth-order valence-electron chi connectivity index (χ4n) is 4.06. The van der Waals surface area contributed by atoms with E-state index >= 15 is 0 Å². The second-order valence-electron chi connectivity index (χ2n) is 8.37. The lowest BCUT2D eigenvalue weighted by Crippen LogP contribution is -3.00. The molecule has 9 nitrogen and oxygen atoms in total. The number of nitrogens with zero attached hydrogens (tertiary/aromatic N) is 7. The van der Waals surface area contributed by atoms with Gasteiger partial charge in [-0.1, -0.05) is 24.3 Å². The predicted octanol–water partition coefficient (Wildman–Crippen LogP) is -2.70. The summed E-state index contributed by atoms with van der Waals surface area (Å²) in [6.45, 7) is 3.32. The highest BCUT2D eigenvalue weighted by Gasteiger charge is 2.17. The minimum atomic E-state index is 0. The van der Waals surface area contributed by atoms with Crippen LogP contribution in [0.2, 0.25) is 0 Å². The molecule has 196 valence electrons. The van der Waals surface area contributed by atoms with Gasteiger partial charge < -0.3 is 52.9 Å². The molecule has 3 aromatic heterocycles. The summed E-state index contributed by atoms with van der Waals surface area (Å²) >= 11 is 0. The van der Waals surface area contributed by atoms with Gasteiger partial charge in [-0.15, -0.1) is 0 Å². The van der Waals surface area contributed by atoms with Crippen LogP contribution < -0.4 is 48.6 Å². The Morgan fingerprint density at radius 2 is 1.86 bits per heavy atom. The van der Waals surface area contributed by atoms with E-state index in [0.29, 0.717) is 38.1 Å². The maximum atomic E-state index is 5.95. The molecule has 0 unspecified atom stereocenters. The minimum absolute atomic E-state index is 0. The van der Waals surface area contributed by atoms with Crippen molar-refractivity contribution in [2.24, 2.45) is 12.1 Å². The number of rotatable bonds is 8. The summed E-state index contributed by atoms with van der Waals surface area (Å²) in [5, 5.41) is 7.58. The molecule has 11 heteroatoms. The molecule has 1 fully saturated rings. The van der Waals surface area contributed by atoms with Crippen LogP contribution in [0.25, 0.3) is 10.9 Å². The number of ether oxygens (including phenoxy) is 2. The number of hydrogen-bond donors (Lipinski definition) is 0. The van der Waals surface area contributed by atoms with Gasteiger partial charge >= 0.3 is 6.01 Å². The highest BCUT2D eigenvalue weighted by atomic mass is 79.9. The van der Waals surface area contributed by atoms with Crippen molar-refractivity contribution in [3.8, 4) is 6.01 Å². The van der Waals surface area contributed by atoms with Gasteiger partial charge in [0.05, 0.1) is 26.0 Å². The lowest BCUT2D eigenvalue weighted by Gasteiger charge is -2.28. The smallest absolute Gasteiger partial charge is 0.320 e. The number of hydrazone groups is 1. The van der Waals surface area contributed by atoms with Crippen molar-refractivity contribution in [1.82, 2.24) is 19.5 Å². The van der Waals surface area contributed by atoms with Crippen LogP contribution in [0.1, 0.15) is 11.3 Å². The highest BCUT2D eigenvalue weighted by molar-refractivity contribution is 5.99. The summed E-state index contributed by atoms with van der Waals surface area (Å²) in [4.78, 5) is 15.8. The molecule has 1 saturated heterocycles. The van der Waals surface area contributed by atoms with Crippen molar-refractivity contribution < 1.29 is 43.4 Å². The molecule has 0 saturated carbocycles. The zero-order valence-corrected chi connectivity index (χ0v) is 24.0. The Kier molecular flexibility index (Phi) is 10.4. The van der Waals surface area contributed by atoms with Crippen LogP contribution in [0.4, 0.5) is 11.6 Å². The number of aryl methyl sites for hydroxylation is 1. The van der Waals surface area contributed by atoms with Crippen LogP contribution in [0.5, 0.6) is 6.01 Å². The molecule has 0 aliphatic carbocycles. The van der Waals surface area contributed by atoms with E-state index < -0.39 is 0 Å². The van der Waals surface area contributed by atoms with Gasteiger partial charge in [-0.2, -0.15) is 15.1 Å². The van der Waals surface area contributed by atoms with Crippen molar-refractivity contribution >= 4 is 28.8 Å². The summed E-state index contributed by atoms with van der Waals surface area (Å²) in [5.74, 6) is 1.46. The van der Waals surface area contributed by atoms with Crippen molar-refractivity contribution in [2.75, 3.05) is 49.9 Å². The van der Waals surface area contributed by atoms with Crippen LogP contribution in [-0.2, 0) is 18.2 Å². The molecular weight excluding hydrogens is 602 g/mol. The summed E-state index contributed by atoms with van der Waals surface area (Å²) in [5.41, 5.74) is 3.18. The van der Waals surface area contributed by atoms with E-state index in [1.54, 1.807) is 11.2 Å². The zero-order valence-electron chi connectivity index (χ0n) is 20.8. The number of para-hydroxylation sites is 1. The summed E-state index contributed by atoms with van der Waals surface area (Å²) in [6.07, 6.45) is 6.40. The molecule has 4 heterocycles. The first-order chi connectivity index (χ1) is 17.2. The third-order valence-electron chi connectivity index (χ3n) is 5.96. The third-order valence-corrected chi connectivity index (χ3v) is 5.96. The Labute approximate surface area is 237 Å². The normalized spacial score (nSPS) is 13.3. The molecule has 0 spiro atoms. The molecule has 1 aromatic carbocycles. The second-order valence-corrected chi connectivity index (χ2v) is 8.37. The van der Waals surface area contributed by atoms with Gasteiger partial charge in [0.1, 0.15) is 5.82 Å². The van der Waals surface area contributed by atoms with Crippen molar-refractivity contribution in [3.63, 3.8) is 0 Å². The standard InChI is InChI=1S/C26H29N7O2.2BrH/c1-31-19-20(22-8-3-4-9-23(22)31)18-28-32(2)24-17-25(33-12-15-34-16-13-33)30-26(29-24)35-14-10-21-7-5-6-11-27-21;;/h3-9,11,17-19H,10,12-16H2,1-2H3;2*1H/p-2/b28-18+;;. The van der Waals surface area contributed by atoms with Gasteiger partial charge in [0.15, 0.2) is 5.82 Å². The molecule has 37 heavy (non-hydrogen) atoms. The third kappa shape index (κ3) is 7.06. The first kappa shape index (κ1) is 28.5. The van der Waals surface area contributed by atoms with Crippen LogP contribution in [0.3, 0.4) is 0 Å². The number of hydrogen-bond acceptors (Lipinski definition) is 8. The largest absolute Gasteiger partial charge is 1.00 e. The average molecular weight is 631 g/mol. The Balaban J connectivity index is 0.00000190. The zero-order chi connectivity index (χ0) is 24.0. The van der Waals surface area contributed by atoms with Crippen LogP contribution in [0.15, 0.2) is 66.0 Å². The Morgan fingerprint density at radius 3 is 2.65 bits per heavy atom. The van der Waals surface area contributed by atoms with Crippen molar-refractivity contribution in [3.05, 3.63) is 72.2 Å². The maximum Gasteiger partial charge on any atom is 0.320 e. The van der Waals surface area contributed by atoms with Gasteiger partial charge in [-0.3, -0.25) is 9.99 Å². The topological polar surface area (TPSA) is 80.9 Å². The number of fused-ring (bicyclic) bond motifs is 1. The van der Waals surface area contributed by atoms with Gasteiger partial charge in [0.2, 0.25) is 0 Å². The average Bonchev–Trinajstić information content (AvgIpc) is 3.23. The fraction of sp³-hybridized carbons (Fsp3) is 0.308. The number of benzene rings is 1. The van der Waals surface area contributed by atoms with Crippen LogP contribution >= 0.6 is 0 Å². The van der Waals surface area contributed by atoms with E-state index in [2.05, 4.69) is 47.8 Å². The highest BCUT2D eigenvalue weighted by Crippen LogP contribution is 2.24. The van der Waals surface area contributed by atoms with Gasteiger partial charge in [0, 0.05) is 74.2 Å². The molecule has 0 N–H and O–H groups in total. The quantitative estimate of drug-likeness (QED) is 0.155. The molecule has 4 aromatic rings. The Bertz CT molecular complexity index is 1310. The molecular formula is C26H29Br2N7O2-2. The van der Waals surface area contributed by atoms with E-state index in [1.165, 1.54) is 0 Å².